The second kappa shape index (κ2) is 9.25. The highest BCUT2D eigenvalue weighted by Gasteiger charge is 2.37. The number of benzene rings is 1. The lowest BCUT2D eigenvalue weighted by atomic mass is 10.1. The summed E-state index contributed by atoms with van der Waals surface area (Å²) in [6.45, 7) is 1.11. The van der Waals surface area contributed by atoms with Gasteiger partial charge in [0.05, 0.1) is 17.0 Å². The third-order valence-corrected chi connectivity index (χ3v) is 5.66. The number of rotatable bonds is 6. The summed E-state index contributed by atoms with van der Waals surface area (Å²) < 4.78 is 10.7. The first-order chi connectivity index (χ1) is 13.9. The molecule has 2 heterocycles. The summed E-state index contributed by atoms with van der Waals surface area (Å²) in [5.74, 6) is 2.28. The van der Waals surface area contributed by atoms with Crippen LogP contribution in [0.25, 0.3) is 6.08 Å². The number of amides is 3. The number of likely N-dealkylation sites (tertiary alicyclic amines) is 1. The number of ether oxygens (including phenoxy) is 2. The van der Waals surface area contributed by atoms with Crippen LogP contribution >= 0.6 is 23.4 Å². The van der Waals surface area contributed by atoms with Gasteiger partial charge in [-0.05, 0) is 48.4 Å². The van der Waals surface area contributed by atoms with Crippen LogP contribution in [0, 0.1) is 12.3 Å². The summed E-state index contributed by atoms with van der Waals surface area (Å²) in [4.78, 5) is 40.1. The van der Waals surface area contributed by atoms with Crippen molar-refractivity contribution in [1.82, 2.24) is 9.80 Å². The first kappa shape index (κ1) is 21.1. The van der Waals surface area contributed by atoms with Crippen LogP contribution in [-0.4, -0.2) is 60.2 Å². The van der Waals surface area contributed by atoms with Gasteiger partial charge in [0.1, 0.15) is 13.2 Å². The maximum Gasteiger partial charge on any atom is 0.294 e. The van der Waals surface area contributed by atoms with Crippen molar-refractivity contribution < 1.29 is 23.9 Å². The fraction of sp³-hybridized carbons (Fsp3) is 0.350. The predicted molar refractivity (Wildman–Crippen MR) is 111 cm³/mol. The normalized spacial score (nSPS) is 17.8. The van der Waals surface area contributed by atoms with Crippen LogP contribution in [0.3, 0.4) is 0 Å². The number of imide groups is 1. The van der Waals surface area contributed by atoms with Gasteiger partial charge in [0, 0.05) is 13.1 Å². The van der Waals surface area contributed by atoms with Gasteiger partial charge < -0.3 is 14.4 Å². The van der Waals surface area contributed by atoms with Crippen LogP contribution in [-0.2, 0) is 9.59 Å². The molecule has 0 spiro atoms. The Morgan fingerprint density at radius 2 is 2.07 bits per heavy atom. The molecule has 7 nitrogen and oxygen atoms in total. The fourth-order valence-corrected chi connectivity index (χ4v) is 4.18. The quantitative estimate of drug-likeness (QED) is 0.506. The van der Waals surface area contributed by atoms with Gasteiger partial charge in [0.2, 0.25) is 5.91 Å². The minimum Gasteiger partial charge on any atom is -0.493 e. The predicted octanol–water partition coefficient (Wildman–Crippen LogP) is 3.02. The lowest BCUT2D eigenvalue weighted by Crippen LogP contribution is -2.40. The summed E-state index contributed by atoms with van der Waals surface area (Å²) >= 11 is 7.03. The first-order valence-electron chi connectivity index (χ1n) is 8.91. The molecule has 9 heteroatoms. The molecule has 2 aliphatic rings. The van der Waals surface area contributed by atoms with Crippen molar-refractivity contribution in [3.05, 3.63) is 27.6 Å². The van der Waals surface area contributed by atoms with Crippen molar-refractivity contribution in [2.75, 3.05) is 33.4 Å². The van der Waals surface area contributed by atoms with E-state index in [1.165, 1.54) is 13.2 Å². The van der Waals surface area contributed by atoms with Crippen molar-refractivity contribution in [3.8, 4) is 23.8 Å². The molecule has 0 aliphatic carbocycles. The molecule has 2 fully saturated rings. The molecule has 0 saturated carbocycles. The Hall–Kier alpha value is -2.63. The topological polar surface area (TPSA) is 76.2 Å². The third-order valence-electron chi connectivity index (χ3n) is 4.48. The van der Waals surface area contributed by atoms with Crippen LogP contribution in [0.1, 0.15) is 18.4 Å². The van der Waals surface area contributed by atoms with Gasteiger partial charge in [-0.1, -0.05) is 17.5 Å². The van der Waals surface area contributed by atoms with E-state index in [1.54, 1.807) is 17.0 Å². The van der Waals surface area contributed by atoms with E-state index in [-0.39, 0.29) is 29.0 Å². The Labute approximate surface area is 177 Å². The van der Waals surface area contributed by atoms with Gasteiger partial charge in [-0.25, -0.2) is 0 Å². The Balaban J connectivity index is 1.79. The van der Waals surface area contributed by atoms with Gasteiger partial charge in [-0.15, -0.1) is 6.42 Å². The van der Waals surface area contributed by atoms with Gasteiger partial charge in [0.25, 0.3) is 11.1 Å². The fourth-order valence-electron chi connectivity index (χ4n) is 3.07. The highest BCUT2D eigenvalue weighted by molar-refractivity contribution is 8.18. The molecule has 0 radical (unpaired) electrons. The van der Waals surface area contributed by atoms with Gasteiger partial charge in [-0.3, -0.25) is 19.3 Å². The molecule has 0 N–H and O–H groups in total. The van der Waals surface area contributed by atoms with Crippen LogP contribution in [0.2, 0.25) is 5.02 Å². The average Bonchev–Trinajstić information content (AvgIpc) is 3.32. The molecule has 29 heavy (non-hydrogen) atoms. The van der Waals surface area contributed by atoms with Gasteiger partial charge in [0.15, 0.2) is 11.5 Å². The number of carbonyl (C=O) groups excluding carboxylic acids is 3. The summed E-state index contributed by atoms with van der Waals surface area (Å²) in [6.07, 6.45) is 8.62. The Kier molecular flexibility index (Phi) is 6.72. The zero-order valence-electron chi connectivity index (χ0n) is 15.8. The smallest absolute Gasteiger partial charge is 0.294 e. The van der Waals surface area contributed by atoms with Crippen molar-refractivity contribution >= 4 is 46.5 Å². The molecule has 1 aromatic rings. The highest BCUT2D eigenvalue weighted by atomic mass is 35.5. The first-order valence-corrected chi connectivity index (χ1v) is 10.1. The number of hydrogen-bond acceptors (Lipinski definition) is 6. The largest absolute Gasteiger partial charge is 0.493 e. The Morgan fingerprint density at radius 1 is 1.34 bits per heavy atom. The van der Waals surface area contributed by atoms with Crippen LogP contribution < -0.4 is 9.47 Å². The van der Waals surface area contributed by atoms with E-state index >= 15 is 0 Å². The minimum atomic E-state index is -0.504. The lowest BCUT2D eigenvalue weighted by molar-refractivity contribution is -0.135. The van der Waals surface area contributed by atoms with E-state index in [0.29, 0.717) is 30.2 Å². The van der Waals surface area contributed by atoms with Crippen LogP contribution in [0.4, 0.5) is 4.79 Å². The molecule has 2 aliphatic heterocycles. The Bertz CT molecular complexity index is 918. The summed E-state index contributed by atoms with van der Waals surface area (Å²) in [6, 6.07) is 3.21. The van der Waals surface area contributed by atoms with Gasteiger partial charge >= 0.3 is 0 Å². The van der Waals surface area contributed by atoms with Crippen LogP contribution in [0.5, 0.6) is 11.5 Å². The van der Waals surface area contributed by atoms with Crippen molar-refractivity contribution in [1.29, 1.82) is 0 Å². The zero-order valence-corrected chi connectivity index (χ0v) is 17.3. The van der Waals surface area contributed by atoms with Crippen LogP contribution in [0.15, 0.2) is 17.0 Å². The van der Waals surface area contributed by atoms with Crippen molar-refractivity contribution in [3.63, 3.8) is 0 Å². The Morgan fingerprint density at radius 3 is 2.72 bits per heavy atom. The second-order valence-electron chi connectivity index (χ2n) is 6.38. The summed E-state index contributed by atoms with van der Waals surface area (Å²) in [7, 11) is 1.45. The number of terminal acetylenes is 1. The van der Waals surface area contributed by atoms with E-state index in [4.69, 9.17) is 27.5 Å². The monoisotopic (exact) mass is 434 g/mol. The van der Waals surface area contributed by atoms with E-state index in [9.17, 15) is 14.4 Å². The lowest BCUT2D eigenvalue weighted by Gasteiger charge is -2.18. The molecule has 152 valence electrons. The maximum atomic E-state index is 12.7. The number of carbonyl (C=O) groups is 3. The maximum absolute atomic E-state index is 12.7. The number of nitrogens with zero attached hydrogens (tertiary/aromatic N) is 2. The molecule has 2 saturated heterocycles. The molecule has 0 unspecified atom stereocenters. The molecule has 1 aromatic carbocycles. The molecule has 0 atom stereocenters. The molecular weight excluding hydrogens is 416 g/mol. The van der Waals surface area contributed by atoms with E-state index < -0.39 is 11.1 Å². The van der Waals surface area contributed by atoms with E-state index in [1.807, 2.05) is 0 Å². The SMILES string of the molecule is C#CCOc1c(Cl)cc(/C=C2\SC(=O)N(CC(=O)N3CCCC3)C2=O)cc1OC. The molecule has 0 bridgehead atoms. The highest BCUT2D eigenvalue weighted by Crippen LogP contribution is 2.39. The van der Waals surface area contributed by atoms with E-state index in [0.717, 1.165) is 29.5 Å². The zero-order chi connectivity index (χ0) is 21.0. The molecular formula is C20H19ClN2O5S. The minimum absolute atomic E-state index is 0.0271. The number of hydrogen-bond donors (Lipinski definition) is 0. The van der Waals surface area contributed by atoms with E-state index in [2.05, 4.69) is 5.92 Å². The second-order valence-corrected chi connectivity index (χ2v) is 7.78. The van der Waals surface area contributed by atoms with Gasteiger partial charge in [-0.2, -0.15) is 0 Å². The summed E-state index contributed by atoms with van der Waals surface area (Å²) in [5, 5.41) is -0.213. The third kappa shape index (κ3) is 4.69. The number of halogens is 1. The number of methoxy groups -OCH3 is 1. The average molecular weight is 435 g/mol. The molecule has 0 aromatic heterocycles. The number of thioether (sulfide) groups is 1. The standard InChI is InChI=1S/C20H19ClN2O5S/c1-3-8-28-18-14(21)9-13(10-15(18)27-2)11-16-19(25)23(20(26)29-16)12-17(24)22-6-4-5-7-22/h1,9-11H,4-8,12H2,2H3/b16-11-. The molecule has 3 rings (SSSR count). The molecule has 3 amide bonds. The van der Waals surface area contributed by atoms with Crippen molar-refractivity contribution in [2.45, 2.75) is 12.8 Å². The summed E-state index contributed by atoms with van der Waals surface area (Å²) in [5.41, 5.74) is 0.552. The van der Waals surface area contributed by atoms with Crippen molar-refractivity contribution in [2.24, 2.45) is 0 Å².